The highest BCUT2D eigenvalue weighted by molar-refractivity contribution is 6.32. The third-order valence-corrected chi connectivity index (χ3v) is 10.3. The lowest BCUT2D eigenvalue weighted by molar-refractivity contribution is 1.04. The Morgan fingerprint density at radius 3 is 1.75 bits per heavy atom. The van der Waals surface area contributed by atoms with E-state index in [0.717, 1.165) is 29.9 Å². The van der Waals surface area contributed by atoms with E-state index in [9.17, 15) is 0 Å². The molecule has 51 heavy (non-hydrogen) atoms. The second-order valence-electron chi connectivity index (χ2n) is 13.8. The van der Waals surface area contributed by atoms with Gasteiger partial charge in [-0.1, -0.05) is 133 Å². The Labute approximate surface area is 300 Å². The van der Waals surface area contributed by atoms with Gasteiger partial charge in [0, 0.05) is 17.1 Å². The molecule has 0 aromatic heterocycles. The molecule has 0 unspecified atom stereocenters. The molecule has 8 aromatic carbocycles. The van der Waals surface area contributed by atoms with E-state index >= 15 is 0 Å². The number of aryl methyl sites for hydroxylation is 2. The third-order valence-electron chi connectivity index (χ3n) is 10.3. The maximum atomic E-state index is 2.46. The number of anilines is 3. The summed E-state index contributed by atoms with van der Waals surface area (Å²) in [5, 5.41) is 7.65. The monoisotopic (exact) mass is 653 g/mol. The van der Waals surface area contributed by atoms with Crippen LogP contribution in [0.3, 0.4) is 0 Å². The highest BCUT2D eigenvalue weighted by Gasteiger charge is 2.23. The SMILES string of the molecule is Cc1cc(C)cc(N(c2ccccc2)c2ccc3c(c2)c2ccccc2c2c(-c4ccccc4)cc(C4=CCCC=C4)c(-c4ccccc4)c32)c1. The van der Waals surface area contributed by atoms with Crippen molar-refractivity contribution in [3.05, 3.63) is 193 Å². The summed E-state index contributed by atoms with van der Waals surface area (Å²) in [6.07, 6.45) is 9.21. The van der Waals surface area contributed by atoms with Crippen LogP contribution in [0.4, 0.5) is 17.1 Å². The Bertz CT molecular complexity index is 2610. The molecular formula is C50H39N. The van der Waals surface area contributed by atoms with Gasteiger partial charge in [0.1, 0.15) is 0 Å². The average Bonchev–Trinajstić information content (AvgIpc) is 3.18. The number of hydrogen-bond acceptors (Lipinski definition) is 1. The minimum absolute atomic E-state index is 1.05. The zero-order valence-corrected chi connectivity index (χ0v) is 29.1. The molecule has 244 valence electrons. The van der Waals surface area contributed by atoms with Crippen LogP contribution in [0.2, 0.25) is 0 Å². The van der Waals surface area contributed by atoms with Gasteiger partial charge in [-0.2, -0.15) is 0 Å². The normalized spacial score (nSPS) is 12.8. The van der Waals surface area contributed by atoms with Crippen molar-refractivity contribution >= 4 is 55.0 Å². The molecule has 8 aromatic rings. The van der Waals surface area contributed by atoms with Gasteiger partial charge in [0.05, 0.1) is 0 Å². The summed E-state index contributed by atoms with van der Waals surface area (Å²) >= 11 is 0. The molecule has 0 radical (unpaired) electrons. The molecule has 0 N–H and O–H groups in total. The number of nitrogens with zero attached hydrogens (tertiary/aromatic N) is 1. The smallest absolute Gasteiger partial charge is 0.0468 e. The number of benzene rings is 8. The van der Waals surface area contributed by atoms with Gasteiger partial charge in [-0.15, -0.1) is 0 Å². The molecule has 0 saturated carbocycles. The van der Waals surface area contributed by atoms with Gasteiger partial charge in [0.15, 0.2) is 0 Å². The lowest BCUT2D eigenvalue weighted by Crippen LogP contribution is -2.10. The van der Waals surface area contributed by atoms with Crippen LogP contribution in [0.25, 0.3) is 60.1 Å². The van der Waals surface area contributed by atoms with E-state index < -0.39 is 0 Å². The molecule has 0 amide bonds. The fourth-order valence-corrected chi connectivity index (χ4v) is 8.18. The predicted octanol–water partition coefficient (Wildman–Crippen LogP) is 14.3. The molecule has 1 aliphatic rings. The molecule has 0 saturated heterocycles. The van der Waals surface area contributed by atoms with E-state index in [2.05, 4.69) is 195 Å². The van der Waals surface area contributed by atoms with Crippen LogP contribution in [-0.2, 0) is 0 Å². The number of allylic oxidation sites excluding steroid dienone is 4. The quantitative estimate of drug-likeness (QED) is 0.161. The Morgan fingerprint density at radius 2 is 1.06 bits per heavy atom. The Kier molecular flexibility index (Phi) is 7.82. The van der Waals surface area contributed by atoms with E-state index in [-0.39, 0.29) is 0 Å². The van der Waals surface area contributed by atoms with Crippen LogP contribution in [0.5, 0.6) is 0 Å². The van der Waals surface area contributed by atoms with E-state index in [0.29, 0.717) is 0 Å². The zero-order chi connectivity index (χ0) is 34.3. The lowest BCUT2D eigenvalue weighted by Gasteiger charge is -2.27. The molecule has 1 nitrogen and oxygen atoms in total. The maximum Gasteiger partial charge on any atom is 0.0468 e. The molecule has 1 aliphatic carbocycles. The van der Waals surface area contributed by atoms with Crippen molar-refractivity contribution in [3.8, 4) is 22.3 Å². The predicted molar refractivity (Wildman–Crippen MR) is 220 cm³/mol. The van der Waals surface area contributed by atoms with Crippen molar-refractivity contribution in [1.29, 1.82) is 0 Å². The standard InChI is InChI=1S/C50H39N/c1-34-29-35(2)31-41(30-34)51(39-23-13-6-14-24-39)40-27-28-44-47(32-40)42-25-15-16-26-43(42)49-46(37-19-9-4-10-20-37)33-45(36-17-7-3-8-18-36)48(50(44)49)38-21-11-5-12-22-38/h4-7,9-33H,3,8H2,1-2H3. The first-order chi connectivity index (χ1) is 25.1. The molecule has 0 aliphatic heterocycles. The first-order valence-corrected chi connectivity index (χ1v) is 18.0. The van der Waals surface area contributed by atoms with Crippen LogP contribution in [0.1, 0.15) is 29.5 Å². The van der Waals surface area contributed by atoms with E-state index in [1.165, 1.54) is 76.8 Å². The van der Waals surface area contributed by atoms with Gasteiger partial charge >= 0.3 is 0 Å². The number of rotatable bonds is 6. The molecule has 1 heteroatoms. The third kappa shape index (κ3) is 5.52. The van der Waals surface area contributed by atoms with Crippen LogP contribution < -0.4 is 4.90 Å². The van der Waals surface area contributed by atoms with Crippen LogP contribution >= 0.6 is 0 Å². The topological polar surface area (TPSA) is 3.24 Å². The van der Waals surface area contributed by atoms with Gasteiger partial charge in [-0.3, -0.25) is 0 Å². The van der Waals surface area contributed by atoms with Crippen molar-refractivity contribution in [3.63, 3.8) is 0 Å². The Balaban J connectivity index is 1.45. The molecular weight excluding hydrogens is 615 g/mol. The summed E-state index contributed by atoms with van der Waals surface area (Å²) in [4.78, 5) is 2.40. The fourth-order valence-electron chi connectivity index (χ4n) is 8.18. The van der Waals surface area contributed by atoms with Crippen LogP contribution in [0, 0.1) is 13.8 Å². The number of fused-ring (bicyclic) bond motifs is 6. The molecule has 0 heterocycles. The van der Waals surface area contributed by atoms with Gasteiger partial charge in [0.25, 0.3) is 0 Å². The Morgan fingerprint density at radius 1 is 0.431 bits per heavy atom. The van der Waals surface area contributed by atoms with E-state index in [1.54, 1.807) is 0 Å². The molecule has 9 rings (SSSR count). The van der Waals surface area contributed by atoms with Crippen LogP contribution in [0.15, 0.2) is 176 Å². The number of para-hydroxylation sites is 1. The van der Waals surface area contributed by atoms with Crippen LogP contribution in [-0.4, -0.2) is 0 Å². The van der Waals surface area contributed by atoms with Gasteiger partial charge in [0.2, 0.25) is 0 Å². The average molecular weight is 654 g/mol. The molecule has 0 spiro atoms. The number of hydrogen-bond donors (Lipinski definition) is 0. The summed E-state index contributed by atoms with van der Waals surface area (Å²) in [7, 11) is 0. The van der Waals surface area contributed by atoms with Crippen molar-refractivity contribution in [2.45, 2.75) is 26.7 Å². The summed E-state index contributed by atoms with van der Waals surface area (Å²) in [6.45, 7) is 4.37. The zero-order valence-electron chi connectivity index (χ0n) is 29.1. The molecule has 0 atom stereocenters. The molecule has 0 fully saturated rings. The summed E-state index contributed by atoms with van der Waals surface area (Å²) in [5.41, 5.74) is 13.6. The van der Waals surface area contributed by atoms with Crippen molar-refractivity contribution < 1.29 is 0 Å². The first-order valence-electron chi connectivity index (χ1n) is 18.0. The minimum atomic E-state index is 1.05. The van der Waals surface area contributed by atoms with E-state index in [4.69, 9.17) is 0 Å². The second kappa shape index (κ2) is 12.9. The Hall–Kier alpha value is -6.18. The summed E-state index contributed by atoms with van der Waals surface area (Å²) in [5.74, 6) is 0. The molecule has 0 bridgehead atoms. The van der Waals surface area contributed by atoms with Crippen molar-refractivity contribution in [2.24, 2.45) is 0 Å². The highest BCUT2D eigenvalue weighted by Crippen LogP contribution is 2.49. The van der Waals surface area contributed by atoms with Gasteiger partial charge in [-0.25, -0.2) is 0 Å². The second-order valence-corrected chi connectivity index (χ2v) is 13.8. The van der Waals surface area contributed by atoms with Gasteiger partial charge in [-0.05, 0) is 146 Å². The first kappa shape index (κ1) is 30.8. The highest BCUT2D eigenvalue weighted by atomic mass is 15.1. The van der Waals surface area contributed by atoms with Crippen molar-refractivity contribution in [1.82, 2.24) is 0 Å². The largest absolute Gasteiger partial charge is 0.310 e. The summed E-state index contributed by atoms with van der Waals surface area (Å²) in [6, 6.07) is 58.2. The minimum Gasteiger partial charge on any atom is -0.310 e. The van der Waals surface area contributed by atoms with E-state index in [1.807, 2.05) is 0 Å². The summed E-state index contributed by atoms with van der Waals surface area (Å²) < 4.78 is 0. The fraction of sp³-hybridized carbons (Fsp3) is 0.0800. The lowest BCUT2D eigenvalue weighted by atomic mass is 9.80. The maximum absolute atomic E-state index is 2.46. The van der Waals surface area contributed by atoms with Gasteiger partial charge < -0.3 is 4.90 Å². The van der Waals surface area contributed by atoms with Crippen molar-refractivity contribution in [2.75, 3.05) is 4.90 Å².